The van der Waals surface area contributed by atoms with E-state index in [1.165, 1.54) is 27.2 Å². The van der Waals surface area contributed by atoms with Crippen molar-refractivity contribution in [1.82, 2.24) is 39.4 Å². The van der Waals surface area contributed by atoms with E-state index >= 15 is 8.78 Å². The van der Waals surface area contributed by atoms with Gasteiger partial charge in [-0.1, -0.05) is 12.1 Å². The van der Waals surface area contributed by atoms with E-state index in [0.29, 0.717) is 61.2 Å². The maximum atomic E-state index is 16.5. The van der Waals surface area contributed by atoms with Crippen LogP contribution in [-0.2, 0) is 40.9 Å². The van der Waals surface area contributed by atoms with Crippen molar-refractivity contribution in [2.24, 2.45) is 12.5 Å². The molecule has 0 bridgehead atoms. The van der Waals surface area contributed by atoms with Gasteiger partial charge in [-0.2, -0.15) is 5.10 Å². The number of hydrogen-bond donors (Lipinski definition) is 2. The quantitative estimate of drug-likeness (QED) is 0.161. The molecule has 12 rings (SSSR count). The van der Waals surface area contributed by atoms with Crippen LogP contribution in [0.3, 0.4) is 0 Å². The first kappa shape index (κ1) is 44.0. The highest BCUT2D eigenvalue weighted by molar-refractivity contribution is 7.13. The number of fused-ring (bicyclic) bond motifs is 3. The topological polar surface area (TPSA) is 174 Å². The Bertz CT molecular complexity index is 3120. The number of halogens is 2. The fraction of sp³-hybridized carbons (Fsp3) is 0.400. The average molecular weight is 969 g/mol. The van der Waals surface area contributed by atoms with Crippen LogP contribution in [0.4, 0.5) is 35.9 Å². The zero-order valence-electron chi connectivity index (χ0n) is 38.5. The van der Waals surface area contributed by atoms with Crippen molar-refractivity contribution in [1.29, 1.82) is 0 Å². The molecule has 9 heterocycles. The summed E-state index contributed by atoms with van der Waals surface area (Å²) in [5.74, 6) is -1.38. The SMILES string of the molecule is Cn1nc(N2CCC(=O)NC2=O)c2ccc(N3CCCC(F)(CC(=O)N4CC5(C4)CN(c4ccc(-c6cc(F)c7c(c6)C(=O)N(C(C(=O)Nc6nccs6)c6ncn8c6CCC8)C7)cc4)C5)CC3)cc21. The van der Waals surface area contributed by atoms with Crippen molar-refractivity contribution in [3.8, 4) is 11.1 Å². The maximum absolute atomic E-state index is 16.5. The molecular formula is C50H50F2N12O5S. The average Bonchev–Trinajstić information content (AvgIpc) is 4.16. The molecule has 20 heteroatoms. The van der Waals surface area contributed by atoms with Crippen LogP contribution >= 0.6 is 11.3 Å². The van der Waals surface area contributed by atoms with Crippen LogP contribution in [-0.4, -0.2) is 115 Å². The Balaban J connectivity index is 0.652. The van der Waals surface area contributed by atoms with Crippen LogP contribution in [0.2, 0.25) is 0 Å². The van der Waals surface area contributed by atoms with Crippen LogP contribution in [0.25, 0.3) is 22.0 Å². The van der Waals surface area contributed by atoms with E-state index in [-0.39, 0.29) is 60.7 Å². The Kier molecular flexibility index (Phi) is 10.5. The third kappa shape index (κ3) is 7.62. The minimum Gasteiger partial charge on any atom is -0.371 e. The normalized spacial score (nSPS) is 21.1. The highest BCUT2D eigenvalue weighted by Crippen LogP contribution is 2.44. The number of benzene rings is 3. The lowest BCUT2D eigenvalue weighted by molar-refractivity contribution is -0.148. The van der Waals surface area contributed by atoms with E-state index < -0.39 is 35.4 Å². The number of aromatic nitrogens is 5. The molecular weight excluding hydrogens is 919 g/mol. The molecule has 3 aromatic carbocycles. The van der Waals surface area contributed by atoms with Gasteiger partial charge in [0.15, 0.2) is 17.0 Å². The Morgan fingerprint density at radius 1 is 0.886 bits per heavy atom. The first-order valence-corrected chi connectivity index (χ1v) is 24.7. The number of likely N-dealkylation sites (tertiary alicyclic amines) is 1. The van der Waals surface area contributed by atoms with Crippen molar-refractivity contribution in [3.63, 3.8) is 0 Å². The molecule has 6 amide bonds. The summed E-state index contributed by atoms with van der Waals surface area (Å²) >= 11 is 1.27. The lowest BCUT2D eigenvalue weighted by Crippen LogP contribution is -2.73. The van der Waals surface area contributed by atoms with E-state index in [2.05, 4.69) is 35.5 Å². The lowest BCUT2D eigenvalue weighted by atomic mass is 9.72. The van der Waals surface area contributed by atoms with Gasteiger partial charge in [0.05, 0.1) is 30.5 Å². The van der Waals surface area contributed by atoms with Crippen molar-refractivity contribution in [2.45, 2.75) is 69.7 Å². The van der Waals surface area contributed by atoms with Gasteiger partial charge in [-0.3, -0.25) is 39.4 Å². The fourth-order valence-corrected chi connectivity index (χ4v) is 12.0. The summed E-state index contributed by atoms with van der Waals surface area (Å²) in [6.07, 6.45) is 6.11. The highest BCUT2D eigenvalue weighted by atomic mass is 32.1. The molecule has 6 aliphatic heterocycles. The number of amides is 6. The van der Waals surface area contributed by atoms with E-state index in [4.69, 9.17) is 0 Å². The minimum atomic E-state index is -1.61. The molecule has 3 aromatic heterocycles. The second-order valence-electron chi connectivity index (χ2n) is 19.7. The van der Waals surface area contributed by atoms with E-state index in [1.807, 2.05) is 47.0 Å². The van der Waals surface area contributed by atoms with Gasteiger partial charge in [-0.05, 0) is 85.7 Å². The van der Waals surface area contributed by atoms with Gasteiger partial charge in [0.1, 0.15) is 11.5 Å². The third-order valence-corrected chi connectivity index (χ3v) is 15.8. The second kappa shape index (κ2) is 16.7. The summed E-state index contributed by atoms with van der Waals surface area (Å²) in [5.41, 5.74) is 4.23. The highest BCUT2D eigenvalue weighted by Gasteiger charge is 2.54. The molecule has 2 unspecified atom stereocenters. The largest absolute Gasteiger partial charge is 0.371 e. The van der Waals surface area contributed by atoms with Crippen LogP contribution < -0.4 is 25.3 Å². The number of nitrogens with one attached hydrogen (secondary N) is 2. The summed E-state index contributed by atoms with van der Waals surface area (Å²) in [6.45, 7) is 4.74. The molecule has 4 saturated heterocycles. The summed E-state index contributed by atoms with van der Waals surface area (Å²) in [4.78, 5) is 83.7. The summed E-state index contributed by atoms with van der Waals surface area (Å²) in [6, 6.07) is 15.3. The molecule has 6 aliphatic rings. The van der Waals surface area contributed by atoms with E-state index in [1.54, 1.807) is 40.6 Å². The number of hydrogen-bond acceptors (Lipinski definition) is 11. The van der Waals surface area contributed by atoms with E-state index in [0.717, 1.165) is 66.0 Å². The molecule has 0 saturated carbocycles. The number of carbonyl (C=O) groups is 5. The number of imide groups is 1. The molecule has 1 spiro atoms. The first-order valence-electron chi connectivity index (χ1n) is 23.8. The zero-order valence-corrected chi connectivity index (χ0v) is 39.3. The molecule has 0 aliphatic carbocycles. The Labute approximate surface area is 405 Å². The van der Waals surface area contributed by atoms with E-state index in [9.17, 15) is 24.0 Å². The smallest absolute Gasteiger partial charge is 0.329 e. The molecule has 2 N–H and O–H groups in total. The Morgan fingerprint density at radius 3 is 2.49 bits per heavy atom. The number of rotatable bonds is 10. The summed E-state index contributed by atoms with van der Waals surface area (Å²) in [5, 5.41) is 12.7. The summed E-state index contributed by atoms with van der Waals surface area (Å²) in [7, 11) is 1.81. The molecule has 4 fully saturated rings. The Hall–Kier alpha value is -7.22. The van der Waals surface area contributed by atoms with Gasteiger partial charge in [0, 0.05) is 116 Å². The fourth-order valence-electron chi connectivity index (χ4n) is 11.5. The lowest BCUT2D eigenvalue weighted by Gasteiger charge is -2.61. The van der Waals surface area contributed by atoms with Crippen LogP contribution in [0.15, 0.2) is 72.5 Å². The zero-order chi connectivity index (χ0) is 48.1. The molecule has 360 valence electrons. The van der Waals surface area contributed by atoms with Gasteiger partial charge >= 0.3 is 6.03 Å². The predicted octanol–water partition coefficient (Wildman–Crippen LogP) is 6.20. The number of imidazole rings is 1. The standard InChI is InChI=1S/C50H50F2N12O5S/c1-58-39-22-33(9-10-34(39)44(57-58)63-17-11-40(65)55-48(63)69)59-16-3-12-50(52,13-18-59)23-41(66)62-27-49(28-62)25-61(26-49)32-7-5-30(6-8-32)31-20-35-36(37(51)21-31)24-64(46(35)68)43(45(67)56-47-53-14-19-70-47)42-38-4-2-15-60(38)29-54-42/h5-10,14,19-22,29,43H,2-4,11-13,15-18,23-28H2,1H3,(H,53,56,67)(H,55,65,69). The number of alkyl halides is 1. The predicted molar refractivity (Wildman–Crippen MR) is 258 cm³/mol. The van der Waals surface area contributed by atoms with Gasteiger partial charge in [-0.25, -0.2) is 23.5 Å². The molecule has 17 nitrogen and oxygen atoms in total. The van der Waals surface area contributed by atoms with Crippen molar-refractivity contribution >= 4 is 74.2 Å². The number of anilines is 4. The van der Waals surface area contributed by atoms with Crippen LogP contribution in [0.5, 0.6) is 0 Å². The van der Waals surface area contributed by atoms with Gasteiger partial charge in [0.25, 0.3) is 11.8 Å². The summed E-state index contributed by atoms with van der Waals surface area (Å²) < 4.78 is 36.2. The van der Waals surface area contributed by atoms with Crippen molar-refractivity contribution < 1.29 is 32.8 Å². The number of nitrogens with zero attached hydrogens (tertiary/aromatic N) is 10. The number of thiazole rings is 1. The number of aryl methyl sites for hydroxylation is 2. The molecule has 0 radical (unpaired) electrons. The third-order valence-electron chi connectivity index (χ3n) is 15.2. The molecule has 2 atom stereocenters. The second-order valence-corrected chi connectivity index (χ2v) is 20.6. The van der Waals surface area contributed by atoms with Crippen LogP contribution in [0.1, 0.15) is 71.9 Å². The molecule has 70 heavy (non-hydrogen) atoms. The van der Waals surface area contributed by atoms with Crippen LogP contribution in [0, 0.1) is 11.2 Å². The Morgan fingerprint density at radius 2 is 1.70 bits per heavy atom. The van der Waals surface area contributed by atoms with Crippen molar-refractivity contribution in [2.75, 3.05) is 65.8 Å². The monoisotopic (exact) mass is 968 g/mol. The first-order chi connectivity index (χ1) is 33.8. The number of carbonyl (C=O) groups excluding carboxylic acids is 5. The maximum Gasteiger partial charge on any atom is 0.329 e. The van der Waals surface area contributed by atoms with Gasteiger partial charge in [-0.15, -0.1) is 11.3 Å². The van der Waals surface area contributed by atoms with Crippen molar-refractivity contribution in [3.05, 3.63) is 101 Å². The minimum absolute atomic E-state index is 0.0430. The number of urea groups is 1. The van der Waals surface area contributed by atoms with Gasteiger partial charge in [0.2, 0.25) is 11.8 Å². The van der Waals surface area contributed by atoms with Gasteiger partial charge < -0.3 is 24.2 Å². The molecule has 6 aromatic rings.